The maximum atomic E-state index is 14.5. The van der Waals surface area contributed by atoms with Crippen LogP contribution in [0.4, 0.5) is 4.39 Å². The molecule has 1 aromatic rings. The standard InChI is InChI=1S/C20H24FNO4/c21-16-6-2-1-5-15(16)19(7-3-4-8-19)17(23)22-11-14-12-26-10-9-20(14,13-22)18(24)25/h1-2,5-6,14H,3-4,7-13H2,(H,24,25)/t14-,20+/m0/s1. The average Bonchev–Trinajstić information content (AvgIpc) is 3.27. The Hall–Kier alpha value is -1.95. The molecule has 0 unspecified atom stereocenters. The molecule has 6 heteroatoms. The summed E-state index contributed by atoms with van der Waals surface area (Å²) in [7, 11) is 0. The summed E-state index contributed by atoms with van der Waals surface area (Å²) < 4.78 is 20.0. The van der Waals surface area contributed by atoms with E-state index in [0.717, 1.165) is 12.8 Å². The van der Waals surface area contributed by atoms with Gasteiger partial charge in [-0.15, -0.1) is 0 Å². The van der Waals surface area contributed by atoms with Gasteiger partial charge in [0.2, 0.25) is 5.91 Å². The molecule has 3 aliphatic rings. The van der Waals surface area contributed by atoms with E-state index >= 15 is 0 Å². The minimum absolute atomic E-state index is 0.116. The molecular weight excluding hydrogens is 337 g/mol. The second-order valence-corrected chi connectivity index (χ2v) is 7.94. The molecule has 1 amide bonds. The first-order chi connectivity index (χ1) is 12.5. The summed E-state index contributed by atoms with van der Waals surface area (Å²) in [5.41, 5.74) is -1.33. The van der Waals surface area contributed by atoms with Crippen LogP contribution in [0.1, 0.15) is 37.7 Å². The number of halogens is 1. The number of carbonyl (C=O) groups is 2. The number of rotatable bonds is 3. The number of fused-ring (bicyclic) bond motifs is 1. The van der Waals surface area contributed by atoms with Gasteiger partial charge in [-0.05, 0) is 25.3 Å². The fourth-order valence-electron chi connectivity index (χ4n) is 5.18. The summed E-state index contributed by atoms with van der Waals surface area (Å²) >= 11 is 0. The fraction of sp³-hybridized carbons (Fsp3) is 0.600. The molecule has 2 atom stereocenters. The molecule has 1 N–H and O–H groups in total. The predicted octanol–water partition coefficient (Wildman–Crippen LogP) is 2.59. The minimum Gasteiger partial charge on any atom is -0.481 e. The molecule has 0 radical (unpaired) electrons. The summed E-state index contributed by atoms with van der Waals surface area (Å²) in [6.07, 6.45) is 3.41. The Kier molecular flexibility index (Phi) is 4.26. The van der Waals surface area contributed by atoms with Crippen molar-refractivity contribution in [3.8, 4) is 0 Å². The maximum Gasteiger partial charge on any atom is 0.311 e. The van der Waals surface area contributed by atoms with E-state index in [-0.39, 0.29) is 24.2 Å². The highest BCUT2D eigenvalue weighted by Crippen LogP contribution is 2.48. The van der Waals surface area contributed by atoms with Gasteiger partial charge in [0.05, 0.1) is 17.4 Å². The van der Waals surface area contributed by atoms with Crippen molar-refractivity contribution in [2.45, 2.75) is 37.5 Å². The second-order valence-electron chi connectivity index (χ2n) is 7.94. The Morgan fingerprint density at radius 1 is 1.19 bits per heavy atom. The zero-order valence-electron chi connectivity index (χ0n) is 14.7. The number of aliphatic carboxylic acids is 1. The van der Waals surface area contributed by atoms with Gasteiger partial charge in [-0.1, -0.05) is 31.0 Å². The smallest absolute Gasteiger partial charge is 0.311 e. The lowest BCUT2D eigenvalue weighted by Gasteiger charge is -2.35. The molecule has 4 rings (SSSR count). The second kappa shape index (κ2) is 6.34. The molecule has 26 heavy (non-hydrogen) atoms. The Morgan fingerprint density at radius 3 is 2.58 bits per heavy atom. The van der Waals surface area contributed by atoms with Crippen molar-refractivity contribution in [3.63, 3.8) is 0 Å². The molecule has 5 nitrogen and oxygen atoms in total. The van der Waals surface area contributed by atoms with Gasteiger partial charge in [-0.25, -0.2) is 4.39 Å². The zero-order valence-corrected chi connectivity index (χ0v) is 14.7. The molecular formula is C20H24FNO4. The average molecular weight is 361 g/mol. The van der Waals surface area contributed by atoms with Crippen molar-refractivity contribution in [1.82, 2.24) is 4.90 Å². The lowest BCUT2D eigenvalue weighted by atomic mass is 9.74. The van der Waals surface area contributed by atoms with Crippen molar-refractivity contribution in [2.75, 3.05) is 26.3 Å². The fourth-order valence-corrected chi connectivity index (χ4v) is 5.18. The number of carbonyl (C=O) groups excluding carboxylic acids is 1. The van der Waals surface area contributed by atoms with Crippen LogP contribution in [-0.4, -0.2) is 48.2 Å². The Labute approximate surface area is 152 Å². The first-order valence-electron chi connectivity index (χ1n) is 9.35. The summed E-state index contributed by atoms with van der Waals surface area (Å²) in [6.45, 7) is 1.35. The van der Waals surface area contributed by atoms with Gasteiger partial charge in [0.15, 0.2) is 0 Å². The first kappa shape index (κ1) is 17.5. The molecule has 2 saturated heterocycles. The normalized spacial score (nSPS) is 30.2. The van der Waals surface area contributed by atoms with Gasteiger partial charge < -0.3 is 14.7 Å². The number of hydrogen-bond donors (Lipinski definition) is 1. The summed E-state index contributed by atoms with van der Waals surface area (Å²) in [5, 5.41) is 9.84. The third-order valence-electron chi connectivity index (χ3n) is 6.68. The van der Waals surface area contributed by atoms with E-state index in [0.29, 0.717) is 44.6 Å². The molecule has 140 valence electrons. The van der Waals surface area contributed by atoms with Crippen LogP contribution in [-0.2, 0) is 19.7 Å². The first-order valence-corrected chi connectivity index (χ1v) is 9.35. The number of nitrogens with zero attached hydrogens (tertiary/aromatic N) is 1. The van der Waals surface area contributed by atoms with Gasteiger partial charge in [-0.3, -0.25) is 9.59 Å². The lowest BCUT2D eigenvalue weighted by Crippen LogP contribution is -2.47. The van der Waals surface area contributed by atoms with Crippen molar-refractivity contribution in [3.05, 3.63) is 35.6 Å². The summed E-state index contributed by atoms with van der Waals surface area (Å²) in [6, 6.07) is 6.51. The molecule has 3 fully saturated rings. The largest absolute Gasteiger partial charge is 0.481 e. The number of amides is 1. The SMILES string of the molecule is O=C(N1C[C@H]2COCC[C@@]2(C(=O)O)C1)C1(c2ccccc2F)CCCC1. The van der Waals surface area contributed by atoms with Crippen LogP contribution < -0.4 is 0 Å². The quantitative estimate of drug-likeness (QED) is 0.899. The Balaban J connectivity index is 1.68. The number of benzene rings is 1. The van der Waals surface area contributed by atoms with E-state index in [1.165, 1.54) is 6.07 Å². The van der Waals surface area contributed by atoms with E-state index in [9.17, 15) is 19.1 Å². The molecule has 0 spiro atoms. The predicted molar refractivity (Wildman–Crippen MR) is 92.1 cm³/mol. The Bertz CT molecular complexity index is 730. The van der Waals surface area contributed by atoms with Crippen LogP contribution in [0.25, 0.3) is 0 Å². The van der Waals surface area contributed by atoms with E-state index in [2.05, 4.69) is 0 Å². The number of likely N-dealkylation sites (tertiary alicyclic amines) is 1. The highest BCUT2D eigenvalue weighted by atomic mass is 19.1. The lowest BCUT2D eigenvalue weighted by molar-refractivity contribution is -0.157. The molecule has 2 aliphatic heterocycles. The monoisotopic (exact) mass is 361 g/mol. The number of hydrogen-bond acceptors (Lipinski definition) is 3. The van der Waals surface area contributed by atoms with Crippen LogP contribution in [0.3, 0.4) is 0 Å². The van der Waals surface area contributed by atoms with Crippen LogP contribution in [0.15, 0.2) is 24.3 Å². The van der Waals surface area contributed by atoms with Crippen molar-refractivity contribution in [2.24, 2.45) is 11.3 Å². The van der Waals surface area contributed by atoms with Crippen molar-refractivity contribution >= 4 is 11.9 Å². The molecule has 0 aromatic heterocycles. The van der Waals surface area contributed by atoms with E-state index < -0.39 is 16.8 Å². The van der Waals surface area contributed by atoms with Gasteiger partial charge in [0.1, 0.15) is 5.82 Å². The number of carboxylic acids is 1. The highest BCUT2D eigenvalue weighted by molar-refractivity contribution is 5.90. The van der Waals surface area contributed by atoms with Gasteiger partial charge in [-0.2, -0.15) is 0 Å². The molecule has 1 saturated carbocycles. The minimum atomic E-state index is -0.928. The van der Waals surface area contributed by atoms with Crippen LogP contribution in [0.5, 0.6) is 0 Å². The third-order valence-corrected chi connectivity index (χ3v) is 6.68. The van der Waals surface area contributed by atoms with Crippen molar-refractivity contribution < 1.29 is 23.8 Å². The van der Waals surface area contributed by atoms with Crippen LogP contribution in [0.2, 0.25) is 0 Å². The molecule has 1 aromatic carbocycles. The summed E-state index contributed by atoms with van der Waals surface area (Å²) in [5.74, 6) is -1.52. The van der Waals surface area contributed by atoms with E-state index in [4.69, 9.17) is 4.74 Å². The number of carboxylic acid groups (broad SMARTS) is 1. The van der Waals surface area contributed by atoms with E-state index in [1.807, 2.05) is 0 Å². The molecule has 2 heterocycles. The van der Waals surface area contributed by atoms with Gasteiger partial charge >= 0.3 is 5.97 Å². The zero-order chi connectivity index (χ0) is 18.4. The van der Waals surface area contributed by atoms with Crippen LogP contribution >= 0.6 is 0 Å². The maximum absolute atomic E-state index is 14.5. The summed E-state index contributed by atoms with van der Waals surface area (Å²) in [4.78, 5) is 27.2. The van der Waals surface area contributed by atoms with Crippen LogP contribution in [0, 0.1) is 17.2 Å². The van der Waals surface area contributed by atoms with E-state index in [1.54, 1.807) is 23.1 Å². The highest BCUT2D eigenvalue weighted by Gasteiger charge is 2.57. The Morgan fingerprint density at radius 2 is 1.92 bits per heavy atom. The molecule has 1 aliphatic carbocycles. The van der Waals surface area contributed by atoms with Crippen molar-refractivity contribution in [1.29, 1.82) is 0 Å². The topological polar surface area (TPSA) is 66.8 Å². The molecule has 0 bridgehead atoms. The third kappa shape index (κ3) is 2.46. The van der Waals surface area contributed by atoms with Gasteiger partial charge in [0, 0.05) is 31.2 Å². The van der Waals surface area contributed by atoms with Gasteiger partial charge in [0.25, 0.3) is 0 Å². The number of ether oxygens (including phenoxy) is 1.